The van der Waals surface area contributed by atoms with Gasteiger partial charge in [-0.2, -0.15) is 5.26 Å². The number of amides is 1. The Morgan fingerprint density at radius 2 is 2.06 bits per heavy atom. The van der Waals surface area contributed by atoms with E-state index in [0.717, 1.165) is 12.8 Å². The Morgan fingerprint density at radius 1 is 1.29 bits per heavy atom. The molecular weight excluding hydrogens is 466 g/mol. The van der Waals surface area contributed by atoms with Gasteiger partial charge in [0, 0.05) is 23.0 Å². The van der Waals surface area contributed by atoms with E-state index in [1.165, 1.54) is 30.3 Å². The van der Waals surface area contributed by atoms with E-state index in [1.807, 2.05) is 6.07 Å². The summed E-state index contributed by atoms with van der Waals surface area (Å²) in [7, 11) is 0. The van der Waals surface area contributed by atoms with E-state index in [9.17, 15) is 4.79 Å². The maximum atomic E-state index is 15.0. The molecule has 10 heteroatoms. The van der Waals surface area contributed by atoms with Crippen LogP contribution in [0.5, 0.6) is 11.5 Å². The highest BCUT2D eigenvalue weighted by atomic mass is 35.5. The molecule has 0 spiro atoms. The number of halogens is 4. The first-order valence-electron chi connectivity index (χ1n) is 9.24. The first-order valence-corrected chi connectivity index (χ1v) is 10.4. The van der Waals surface area contributed by atoms with Crippen molar-refractivity contribution < 1.29 is 13.9 Å². The number of ether oxygens (including phenoxy) is 1. The van der Waals surface area contributed by atoms with Gasteiger partial charge in [-0.1, -0.05) is 40.9 Å². The smallest absolute Gasteiger partial charge is 0.273 e. The van der Waals surface area contributed by atoms with Gasteiger partial charge < -0.3 is 15.0 Å². The fourth-order valence-electron chi connectivity index (χ4n) is 2.94. The van der Waals surface area contributed by atoms with Gasteiger partial charge in [-0.05, 0) is 37.1 Å². The van der Waals surface area contributed by atoms with Crippen LogP contribution in [0.25, 0.3) is 0 Å². The lowest BCUT2D eigenvalue weighted by Gasteiger charge is -2.13. The minimum absolute atomic E-state index is 0.0236. The summed E-state index contributed by atoms with van der Waals surface area (Å²) < 4.78 is 20.6. The summed E-state index contributed by atoms with van der Waals surface area (Å²) in [6.45, 7) is -0.140. The Kier molecular flexibility index (Phi) is 6.05. The Labute approximate surface area is 191 Å². The normalized spacial score (nSPS) is 13.0. The van der Waals surface area contributed by atoms with Crippen molar-refractivity contribution in [2.24, 2.45) is 0 Å². The third-order valence-corrected chi connectivity index (χ3v) is 5.44. The number of hydrogen-bond acceptors (Lipinski definition) is 4. The quantitative estimate of drug-likeness (QED) is 0.455. The van der Waals surface area contributed by atoms with Gasteiger partial charge in [-0.25, -0.2) is 9.37 Å². The van der Waals surface area contributed by atoms with Crippen molar-refractivity contribution in [1.29, 1.82) is 5.26 Å². The molecule has 2 N–H and O–H groups in total. The Hall–Kier alpha value is -2.79. The molecule has 0 radical (unpaired) electrons. The summed E-state index contributed by atoms with van der Waals surface area (Å²) in [5.74, 6) is -0.380. The summed E-state index contributed by atoms with van der Waals surface area (Å²) in [5.41, 5.74) is 0.464. The molecule has 1 aliphatic rings. The molecule has 1 saturated carbocycles. The molecule has 0 aliphatic heterocycles. The lowest BCUT2D eigenvalue weighted by atomic mass is 10.2. The number of rotatable bonds is 6. The van der Waals surface area contributed by atoms with Gasteiger partial charge >= 0.3 is 0 Å². The molecule has 1 aliphatic carbocycles. The third kappa shape index (κ3) is 4.77. The second-order valence-corrected chi connectivity index (χ2v) is 8.20. The molecule has 4 rings (SSSR count). The number of hydrogen-bond donors (Lipinski definition) is 2. The van der Waals surface area contributed by atoms with Gasteiger partial charge in [-0.15, -0.1) is 0 Å². The second-order valence-electron chi connectivity index (χ2n) is 6.98. The van der Waals surface area contributed by atoms with Crippen molar-refractivity contribution in [3.8, 4) is 17.6 Å². The van der Waals surface area contributed by atoms with E-state index in [4.69, 9.17) is 44.8 Å². The highest BCUT2D eigenvalue weighted by Gasteiger charge is 2.29. The Morgan fingerprint density at radius 3 is 2.77 bits per heavy atom. The predicted molar refractivity (Wildman–Crippen MR) is 114 cm³/mol. The maximum absolute atomic E-state index is 15.0. The van der Waals surface area contributed by atoms with Crippen LogP contribution in [-0.2, 0) is 6.54 Å². The number of aromatic amines is 1. The molecule has 2 aromatic carbocycles. The number of aromatic nitrogens is 2. The fraction of sp³-hybridized carbons (Fsp3) is 0.190. The van der Waals surface area contributed by atoms with Crippen LogP contribution in [0.3, 0.4) is 0 Å². The minimum Gasteiger partial charge on any atom is -0.453 e. The molecule has 3 aromatic rings. The molecule has 158 valence electrons. The van der Waals surface area contributed by atoms with Crippen molar-refractivity contribution in [1.82, 2.24) is 15.3 Å². The van der Waals surface area contributed by atoms with E-state index < -0.39 is 11.7 Å². The first-order chi connectivity index (χ1) is 14.9. The lowest BCUT2D eigenvalue weighted by molar-refractivity contribution is 0.0946. The number of imidazole rings is 1. The second kappa shape index (κ2) is 8.75. The summed E-state index contributed by atoms with van der Waals surface area (Å²) in [4.78, 5) is 19.6. The number of benzene rings is 2. The number of carbonyl (C=O) groups is 1. The summed E-state index contributed by atoms with van der Waals surface area (Å²) in [5, 5.41) is 12.1. The number of carbonyl (C=O) groups excluding carboxylic acids is 1. The van der Waals surface area contributed by atoms with Crippen molar-refractivity contribution >= 4 is 40.7 Å². The van der Waals surface area contributed by atoms with E-state index in [-0.39, 0.29) is 50.1 Å². The highest BCUT2D eigenvalue weighted by Crippen LogP contribution is 2.39. The van der Waals surface area contributed by atoms with E-state index in [0.29, 0.717) is 11.7 Å². The van der Waals surface area contributed by atoms with Gasteiger partial charge in [0.25, 0.3) is 5.91 Å². The zero-order valence-electron chi connectivity index (χ0n) is 15.8. The highest BCUT2D eigenvalue weighted by molar-refractivity contribution is 6.32. The van der Waals surface area contributed by atoms with Gasteiger partial charge in [0.05, 0.1) is 16.7 Å². The fourth-order valence-corrected chi connectivity index (χ4v) is 3.57. The average molecular weight is 480 g/mol. The van der Waals surface area contributed by atoms with Gasteiger partial charge in [0.1, 0.15) is 16.7 Å². The van der Waals surface area contributed by atoms with Crippen LogP contribution in [0.15, 0.2) is 30.3 Å². The van der Waals surface area contributed by atoms with E-state index >= 15 is 4.39 Å². The van der Waals surface area contributed by atoms with Crippen LogP contribution in [0, 0.1) is 17.1 Å². The molecular formula is C21H14Cl3FN4O2. The molecule has 0 saturated heterocycles. The van der Waals surface area contributed by atoms with Crippen LogP contribution in [0.4, 0.5) is 4.39 Å². The lowest BCUT2D eigenvalue weighted by Crippen LogP contribution is -2.24. The summed E-state index contributed by atoms with van der Waals surface area (Å²) in [6, 6.07) is 9.12. The molecule has 1 heterocycles. The number of nitrogens with zero attached hydrogens (tertiary/aromatic N) is 2. The minimum atomic E-state index is -0.752. The van der Waals surface area contributed by atoms with E-state index in [1.54, 1.807) is 0 Å². The van der Waals surface area contributed by atoms with Crippen molar-refractivity contribution in [3.05, 3.63) is 74.0 Å². The van der Waals surface area contributed by atoms with Crippen LogP contribution >= 0.6 is 34.8 Å². The van der Waals surface area contributed by atoms with Crippen LogP contribution in [0.2, 0.25) is 15.2 Å². The van der Waals surface area contributed by atoms with Crippen LogP contribution < -0.4 is 10.1 Å². The zero-order chi connectivity index (χ0) is 22.1. The van der Waals surface area contributed by atoms with E-state index in [2.05, 4.69) is 15.3 Å². The molecule has 31 heavy (non-hydrogen) atoms. The monoisotopic (exact) mass is 478 g/mol. The number of nitriles is 1. The average Bonchev–Trinajstić information content (AvgIpc) is 3.51. The van der Waals surface area contributed by atoms with Gasteiger partial charge in [0.2, 0.25) is 0 Å². The number of nitrogens with one attached hydrogen (secondary N) is 2. The molecule has 1 fully saturated rings. The first kappa shape index (κ1) is 21.4. The molecule has 1 aromatic heterocycles. The zero-order valence-corrected chi connectivity index (χ0v) is 18.1. The Balaban J connectivity index is 1.51. The molecule has 1 amide bonds. The van der Waals surface area contributed by atoms with Crippen LogP contribution in [-0.4, -0.2) is 15.9 Å². The molecule has 0 bridgehead atoms. The van der Waals surface area contributed by atoms with Crippen molar-refractivity contribution in [2.75, 3.05) is 0 Å². The Bertz CT molecular complexity index is 1220. The number of H-pyrrole nitrogens is 1. The molecule has 6 nitrogen and oxygen atoms in total. The molecule has 0 unspecified atom stereocenters. The topological polar surface area (TPSA) is 90.8 Å². The van der Waals surface area contributed by atoms with Gasteiger partial charge in [-0.3, -0.25) is 4.79 Å². The summed E-state index contributed by atoms with van der Waals surface area (Å²) >= 11 is 18.1. The third-order valence-electron chi connectivity index (χ3n) is 4.65. The predicted octanol–water partition coefficient (Wildman–Crippen LogP) is 5.98. The maximum Gasteiger partial charge on any atom is 0.273 e. The van der Waals surface area contributed by atoms with Crippen molar-refractivity contribution in [2.45, 2.75) is 25.3 Å². The summed E-state index contributed by atoms with van der Waals surface area (Å²) in [6.07, 6.45) is 2.01. The van der Waals surface area contributed by atoms with Crippen molar-refractivity contribution in [3.63, 3.8) is 0 Å². The van der Waals surface area contributed by atoms with Gasteiger partial charge in [0.15, 0.2) is 17.3 Å². The van der Waals surface area contributed by atoms with Crippen LogP contribution in [0.1, 0.15) is 46.2 Å². The largest absolute Gasteiger partial charge is 0.453 e. The standard InChI is InChI=1S/C21H14Cl3FN4O2/c22-13-5-10(8-26)6-14(7-13)31-18-15(23)4-3-12(16(18)25)9-27-21(30)17-19(24)29-20(28-17)11-1-2-11/h3-7,11H,1-2,9H2,(H,27,30)(H,28,29). The SMILES string of the molecule is N#Cc1cc(Cl)cc(Oc2c(Cl)ccc(CNC(=O)c3nc(C4CC4)[nH]c3Cl)c2F)c1. The molecule has 0 atom stereocenters.